The molecule has 0 fully saturated rings. The highest BCUT2D eigenvalue weighted by molar-refractivity contribution is 5.66. The summed E-state index contributed by atoms with van der Waals surface area (Å²) in [5, 5.41) is 57.1. The largest absolute Gasteiger partial charge is 0.505 e. The van der Waals surface area contributed by atoms with E-state index in [1.165, 1.54) is 48.5 Å². The maximum atomic E-state index is 11.0. The van der Waals surface area contributed by atoms with Gasteiger partial charge < -0.3 is 10.2 Å². The molecule has 0 amide bonds. The molecule has 2 N–H and O–H groups in total. The summed E-state index contributed by atoms with van der Waals surface area (Å²) in [4.78, 5) is 20.8. The molecule has 0 atom stereocenters. The maximum absolute atomic E-state index is 11.0. The van der Waals surface area contributed by atoms with E-state index in [0.717, 1.165) is 12.1 Å². The van der Waals surface area contributed by atoms with Gasteiger partial charge in [-0.25, -0.2) is 0 Å². The molecule has 0 unspecified atom stereocenters. The van der Waals surface area contributed by atoms with Gasteiger partial charge in [0.2, 0.25) is 0 Å². The Labute approximate surface area is 167 Å². The number of hydrogen-bond acceptors (Lipinski definition) is 10. The molecule has 12 nitrogen and oxygen atoms in total. The minimum atomic E-state index is -0.628. The molecule has 0 bridgehead atoms. The first-order chi connectivity index (χ1) is 14.4. The molecule has 3 aromatic carbocycles. The number of aromatic hydroxyl groups is 2. The van der Waals surface area contributed by atoms with Crippen LogP contribution in [0.25, 0.3) is 0 Å². The van der Waals surface area contributed by atoms with Gasteiger partial charge in [-0.05, 0) is 12.1 Å². The normalized spacial score (nSPS) is 11.2. The van der Waals surface area contributed by atoms with Crippen molar-refractivity contribution < 1.29 is 20.1 Å². The van der Waals surface area contributed by atoms with Crippen molar-refractivity contribution >= 4 is 34.1 Å². The van der Waals surface area contributed by atoms with E-state index < -0.39 is 21.3 Å². The number of nitro benzene ring substituents is 2. The number of para-hydroxylation sites is 2. The number of phenols is 2. The Kier molecular flexibility index (Phi) is 5.68. The number of rotatable bonds is 6. The average Bonchev–Trinajstić information content (AvgIpc) is 2.72. The van der Waals surface area contributed by atoms with Gasteiger partial charge >= 0.3 is 0 Å². The Morgan fingerprint density at radius 1 is 0.600 bits per heavy atom. The van der Waals surface area contributed by atoms with Crippen LogP contribution >= 0.6 is 0 Å². The second kappa shape index (κ2) is 8.52. The third kappa shape index (κ3) is 4.39. The predicted molar refractivity (Wildman–Crippen MR) is 104 cm³/mol. The molecule has 30 heavy (non-hydrogen) atoms. The summed E-state index contributed by atoms with van der Waals surface area (Å²) in [6.45, 7) is 0. The molecular formula is C18H12N6O6. The molecule has 150 valence electrons. The fraction of sp³-hybridized carbons (Fsp3) is 0. The Morgan fingerprint density at radius 2 is 0.967 bits per heavy atom. The van der Waals surface area contributed by atoms with Crippen molar-refractivity contribution in [2.45, 2.75) is 0 Å². The average molecular weight is 408 g/mol. The topological polar surface area (TPSA) is 176 Å². The van der Waals surface area contributed by atoms with E-state index in [1.54, 1.807) is 0 Å². The summed E-state index contributed by atoms with van der Waals surface area (Å²) in [6.07, 6.45) is 0. The molecule has 3 rings (SSSR count). The molecule has 0 aliphatic carbocycles. The van der Waals surface area contributed by atoms with Gasteiger partial charge in [-0.2, -0.15) is 0 Å². The fourth-order valence-corrected chi connectivity index (χ4v) is 2.34. The van der Waals surface area contributed by atoms with Gasteiger partial charge in [0.15, 0.2) is 11.4 Å². The molecule has 12 heteroatoms. The second-order valence-corrected chi connectivity index (χ2v) is 5.72. The summed E-state index contributed by atoms with van der Waals surface area (Å²) in [6, 6.07) is 13.3. The van der Waals surface area contributed by atoms with Crippen LogP contribution in [0.1, 0.15) is 0 Å². The van der Waals surface area contributed by atoms with Gasteiger partial charge in [0, 0.05) is 24.3 Å². The van der Waals surface area contributed by atoms with Crippen LogP contribution in [0, 0.1) is 20.2 Å². The van der Waals surface area contributed by atoms with Crippen LogP contribution in [-0.4, -0.2) is 20.1 Å². The first-order valence-electron chi connectivity index (χ1n) is 8.23. The number of hydrogen-bond donors (Lipinski definition) is 2. The maximum Gasteiger partial charge on any atom is 0.296 e. The highest BCUT2D eigenvalue weighted by atomic mass is 16.6. The van der Waals surface area contributed by atoms with Crippen LogP contribution in [0.2, 0.25) is 0 Å². The number of azo groups is 2. The fourth-order valence-electron chi connectivity index (χ4n) is 2.34. The van der Waals surface area contributed by atoms with Crippen molar-refractivity contribution in [2.24, 2.45) is 20.5 Å². The molecule has 0 spiro atoms. The zero-order chi connectivity index (χ0) is 21.7. The van der Waals surface area contributed by atoms with Crippen LogP contribution in [0.15, 0.2) is 81.1 Å². The Bertz CT molecular complexity index is 1100. The number of benzene rings is 3. The zero-order valence-electron chi connectivity index (χ0n) is 15.0. The number of nitro groups is 2. The van der Waals surface area contributed by atoms with Gasteiger partial charge in [0.1, 0.15) is 22.9 Å². The van der Waals surface area contributed by atoms with E-state index in [4.69, 9.17) is 0 Å². The van der Waals surface area contributed by atoms with Crippen LogP contribution in [0.3, 0.4) is 0 Å². The van der Waals surface area contributed by atoms with E-state index in [1.807, 2.05) is 0 Å². The lowest BCUT2D eigenvalue weighted by Crippen LogP contribution is -1.87. The SMILES string of the molecule is O=[N+]([O-])c1ccccc1N=Nc1cc(N=Nc2ccccc2[N+](=O)[O-])c(O)cc1O. The third-order valence-electron chi connectivity index (χ3n) is 3.76. The van der Waals surface area contributed by atoms with Crippen molar-refractivity contribution in [3.8, 4) is 11.5 Å². The molecule has 0 aromatic heterocycles. The van der Waals surface area contributed by atoms with Crippen LogP contribution in [0.5, 0.6) is 11.5 Å². The summed E-state index contributed by atoms with van der Waals surface area (Å²) < 4.78 is 0. The standard InChI is InChI=1S/C18H12N6O6/c25-17-10-18(26)14(22-20-12-6-2-4-8-16(12)24(29)30)9-13(17)21-19-11-5-1-3-7-15(11)23(27)28/h1-10,25-26H. The van der Waals surface area contributed by atoms with Gasteiger partial charge in [0.05, 0.1) is 9.85 Å². The second-order valence-electron chi connectivity index (χ2n) is 5.72. The monoisotopic (exact) mass is 408 g/mol. The Balaban J connectivity index is 1.96. The van der Waals surface area contributed by atoms with E-state index in [2.05, 4.69) is 20.5 Å². The van der Waals surface area contributed by atoms with Gasteiger partial charge in [-0.15, -0.1) is 20.5 Å². The Hall–Kier alpha value is -4.74. The lowest BCUT2D eigenvalue weighted by molar-refractivity contribution is -0.384. The lowest BCUT2D eigenvalue weighted by atomic mass is 10.2. The lowest BCUT2D eigenvalue weighted by Gasteiger charge is -2.03. The van der Waals surface area contributed by atoms with Crippen molar-refractivity contribution in [1.82, 2.24) is 0 Å². The first kappa shape index (κ1) is 20.0. The molecular weight excluding hydrogens is 396 g/mol. The minimum Gasteiger partial charge on any atom is -0.505 e. The molecule has 0 saturated heterocycles. The number of phenolic OH excluding ortho intramolecular Hbond substituents is 2. The Morgan fingerprint density at radius 3 is 1.37 bits per heavy atom. The van der Waals surface area contributed by atoms with E-state index in [-0.39, 0.29) is 34.1 Å². The highest BCUT2D eigenvalue weighted by Gasteiger charge is 2.14. The van der Waals surface area contributed by atoms with Crippen molar-refractivity contribution in [3.05, 3.63) is 80.9 Å². The zero-order valence-corrected chi connectivity index (χ0v) is 15.0. The van der Waals surface area contributed by atoms with Gasteiger partial charge in [-0.3, -0.25) is 20.2 Å². The van der Waals surface area contributed by atoms with E-state index in [0.29, 0.717) is 0 Å². The van der Waals surface area contributed by atoms with Crippen LogP contribution in [0.4, 0.5) is 34.1 Å². The molecule has 0 heterocycles. The smallest absolute Gasteiger partial charge is 0.296 e. The van der Waals surface area contributed by atoms with Gasteiger partial charge in [-0.1, -0.05) is 24.3 Å². The first-order valence-corrected chi connectivity index (χ1v) is 8.23. The summed E-state index contributed by atoms with van der Waals surface area (Å²) in [5.41, 5.74) is -0.951. The summed E-state index contributed by atoms with van der Waals surface area (Å²) in [7, 11) is 0. The summed E-state index contributed by atoms with van der Waals surface area (Å²) >= 11 is 0. The van der Waals surface area contributed by atoms with E-state index >= 15 is 0 Å². The third-order valence-corrected chi connectivity index (χ3v) is 3.76. The van der Waals surface area contributed by atoms with Crippen LogP contribution < -0.4 is 0 Å². The highest BCUT2D eigenvalue weighted by Crippen LogP contribution is 2.40. The molecule has 0 saturated carbocycles. The predicted octanol–water partition coefficient (Wildman–Crippen LogP) is 5.75. The van der Waals surface area contributed by atoms with E-state index in [9.17, 15) is 30.4 Å². The summed E-state index contributed by atoms with van der Waals surface area (Å²) in [5.74, 6) is -0.918. The van der Waals surface area contributed by atoms with Crippen LogP contribution in [-0.2, 0) is 0 Å². The van der Waals surface area contributed by atoms with Gasteiger partial charge in [0.25, 0.3) is 11.4 Å². The quantitative estimate of drug-likeness (QED) is 0.298. The molecule has 3 aromatic rings. The molecule has 0 aliphatic rings. The van der Waals surface area contributed by atoms with Crippen molar-refractivity contribution in [3.63, 3.8) is 0 Å². The van der Waals surface area contributed by atoms with Crippen molar-refractivity contribution in [1.29, 1.82) is 0 Å². The van der Waals surface area contributed by atoms with Crippen molar-refractivity contribution in [2.75, 3.05) is 0 Å². The molecule has 0 aliphatic heterocycles. The number of nitrogens with zero attached hydrogens (tertiary/aromatic N) is 6. The molecule has 0 radical (unpaired) electrons. The minimum absolute atomic E-state index is 0.0435.